The minimum atomic E-state index is -4.98. The molecule has 9 heteroatoms. The van der Waals surface area contributed by atoms with Gasteiger partial charge in [0.1, 0.15) is 5.82 Å². The molecular weight excluding hydrogens is 467 g/mol. The third-order valence-corrected chi connectivity index (χ3v) is 5.50. The van der Waals surface area contributed by atoms with Crippen LogP contribution in [0, 0.1) is 11.6 Å². The largest absolute Gasteiger partial charge is 0.573 e. The summed E-state index contributed by atoms with van der Waals surface area (Å²) in [6, 6.07) is 11.9. The molecule has 35 heavy (non-hydrogen) atoms. The Morgan fingerprint density at radius 2 is 1.60 bits per heavy atom. The number of nitrogens with zero attached hydrogens (tertiary/aromatic N) is 2. The molecule has 0 radical (unpaired) electrons. The summed E-state index contributed by atoms with van der Waals surface area (Å²) in [6.45, 7) is 0.576. The number of halogens is 5. The number of methoxy groups -OCH3 is 1. The van der Waals surface area contributed by atoms with E-state index in [4.69, 9.17) is 4.74 Å². The van der Waals surface area contributed by atoms with Crippen molar-refractivity contribution >= 4 is 10.8 Å². The van der Waals surface area contributed by atoms with Gasteiger partial charge in [0.15, 0.2) is 17.4 Å². The summed E-state index contributed by atoms with van der Waals surface area (Å²) in [5, 5.41) is 1.10. The number of aryl methyl sites for hydroxylation is 2. The SMILES string of the molecule is COCCc1cnc(-c2ccc3c(F)c(CCc4ccc(OC(F)(F)F)c(F)c4)ccc3c2)nc1. The van der Waals surface area contributed by atoms with Gasteiger partial charge >= 0.3 is 6.36 Å². The number of benzene rings is 3. The maximum Gasteiger partial charge on any atom is 0.573 e. The van der Waals surface area contributed by atoms with E-state index in [1.54, 1.807) is 49.8 Å². The monoisotopic (exact) mass is 488 g/mol. The zero-order valence-corrected chi connectivity index (χ0v) is 18.7. The Kier molecular flexibility index (Phi) is 7.25. The number of fused-ring (bicyclic) bond motifs is 1. The Hall–Kier alpha value is -3.59. The highest BCUT2D eigenvalue weighted by molar-refractivity contribution is 5.87. The quantitative estimate of drug-likeness (QED) is 0.268. The standard InChI is InChI=1S/C26H21F5N2O2/c1-34-11-10-17-14-32-25(33-15-17)20-7-8-21-19(13-20)6-5-18(24(21)28)4-2-16-3-9-23(22(27)12-16)35-26(29,30)31/h3,5-9,12-15H,2,4,10-11H2,1H3. The molecule has 0 aliphatic carbocycles. The topological polar surface area (TPSA) is 44.2 Å². The van der Waals surface area contributed by atoms with Gasteiger partial charge in [0.2, 0.25) is 0 Å². The first-order valence-corrected chi connectivity index (χ1v) is 10.8. The van der Waals surface area contributed by atoms with Gasteiger partial charge in [-0.05, 0) is 59.5 Å². The first-order valence-electron chi connectivity index (χ1n) is 10.8. The summed E-state index contributed by atoms with van der Waals surface area (Å²) in [4.78, 5) is 8.76. The molecule has 3 aromatic carbocycles. The van der Waals surface area contributed by atoms with E-state index in [1.807, 2.05) is 0 Å². The first kappa shape index (κ1) is 24.5. The number of hydrogen-bond acceptors (Lipinski definition) is 4. The second kappa shape index (κ2) is 10.4. The molecule has 4 rings (SSSR count). The normalized spacial score (nSPS) is 11.7. The maximum absolute atomic E-state index is 15.1. The number of alkyl halides is 3. The molecule has 0 spiro atoms. The maximum atomic E-state index is 15.1. The fourth-order valence-corrected chi connectivity index (χ4v) is 3.71. The van der Waals surface area contributed by atoms with Crippen LogP contribution in [-0.4, -0.2) is 30.0 Å². The van der Waals surface area contributed by atoms with Crippen molar-refractivity contribution in [2.75, 3.05) is 13.7 Å². The minimum absolute atomic E-state index is 0.243. The average molecular weight is 488 g/mol. The van der Waals surface area contributed by atoms with E-state index in [9.17, 15) is 17.6 Å². The van der Waals surface area contributed by atoms with Gasteiger partial charge in [-0.3, -0.25) is 0 Å². The molecule has 0 unspecified atom stereocenters. The van der Waals surface area contributed by atoms with Crippen LogP contribution in [0.5, 0.6) is 5.75 Å². The molecule has 0 atom stereocenters. The Balaban J connectivity index is 1.48. The first-order chi connectivity index (χ1) is 16.7. The highest BCUT2D eigenvalue weighted by atomic mass is 19.4. The smallest absolute Gasteiger partial charge is 0.403 e. The highest BCUT2D eigenvalue weighted by Crippen LogP contribution is 2.28. The van der Waals surface area contributed by atoms with Crippen LogP contribution < -0.4 is 4.74 Å². The Morgan fingerprint density at radius 3 is 2.29 bits per heavy atom. The number of hydrogen-bond donors (Lipinski definition) is 0. The molecular formula is C26H21F5N2O2. The predicted octanol–water partition coefficient (Wildman–Crippen LogP) is 6.45. The van der Waals surface area contributed by atoms with Gasteiger partial charge in [-0.2, -0.15) is 0 Å². The molecule has 0 bridgehead atoms. The molecule has 182 valence electrons. The molecule has 4 aromatic rings. The van der Waals surface area contributed by atoms with Crippen LogP contribution >= 0.6 is 0 Å². The van der Waals surface area contributed by atoms with Crippen molar-refractivity contribution in [1.29, 1.82) is 0 Å². The summed E-state index contributed by atoms with van der Waals surface area (Å²) in [6.07, 6.45) is -0.308. The molecule has 0 saturated carbocycles. The number of aromatic nitrogens is 2. The van der Waals surface area contributed by atoms with Crippen molar-refractivity contribution in [3.05, 3.63) is 89.2 Å². The lowest BCUT2D eigenvalue weighted by Gasteiger charge is -2.11. The fourth-order valence-electron chi connectivity index (χ4n) is 3.71. The molecule has 4 nitrogen and oxygen atoms in total. The molecule has 0 amide bonds. The van der Waals surface area contributed by atoms with Gasteiger partial charge in [0, 0.05) is 30.5 Å². The predicted molar refractivity (Wildman–Crippen MR) is 121 cm³/mol. The number of rotatable bonds is 8. The summed E-state index contributed by atoms with van der Waals surface area (Å²) in [5.74, 6) is -1.90. The lowest BCUT2D eigenvalue weighted by molar-refractivity contribution is -0.275. The molecule has 0 saturated heterocycles. The van der Waals surface area contributed by atoms with Crippen molar-refractivity contribution in [3.8, 4) is 17.1 Å². The lowest BCUT2D eigenvalue weighted by atomic mass is 9.99. The molecule has 0 aliphatic heterocycles. The van der Waals surface area contributed by atoms with Gasteiger partial charge in [-0.15, -0.1) is 13.2 Å². The zero-order chi connectivity index (χ0) is 25.0. The van der Waals surface area contributed by atoms with Gasteiger partial charge in [0.25, 0.3) is 0 Å². The Morgan fingerprint density at radius 1 is 0.829 bits per heavy atom. The van der Waals surface area contributed by atoms with E-state index in [1.165, 1.54) is 6.07 Å². The second-order valence-corrected chi connectivity index (χ2v) is 7.94. The minimum Gasteiger partial charge on any atom is -0.403 e. The van der Waals surface area contributed by atoms with Gasteiger partial charge < -0.3 is 9.47 Å². The van der Waals surface area contributed by atoms with E-state index in [2.05, 4.69) is 14.7 Å². The zero-order valence-electron chi connectivity index (χ0n) is 18.7. The third-order valence-electron chi connectivity index (χ3n) is 5.50. The van der Waals surface area contributed by atoms with Crippen molar-refractivity contribution in [1.82, 2.24) is 9.97 Å². The van der Waals surface area contributed by atoms with Gasteiger partial charge in [0.05, 0.1) is 6.61 Å². The van der Waals surface area contributed by atoms with E-state index in [0.717, 1.165) is 23.3 Å². The summed E-state index contributed by atoms with van der Waals surface area (Å²) >= 11 is 0. The van der Waals surface area contributed by atoms with Crippen LogP contribution in [0.4, 0.5) is 22.0 Å². The van der Waals surface area contributed by atoms with Crippen molar-refractivity contribution in [2.24, 2.45) is 0 Å². The van der Waals surface area contributed by atoms with Crippen molar-refractivity contribution in [3.63, 3.8) is 0 Å². The van der Waals surface area contributed by atoms with Crippen LogP contribution in [0.25, 0.3) is 22.2 Å². The van der Waals surface area contributed by atoms with Crippen LogP contribution in [0.2, 0.25) is 0 Å². The summed E-state index contributed by atoms with van der Waals surface area (Å²) in [7, 11) is 1.63. The molecule has 1 heterocycles. The van der Waals surface area contributed by atoms with Crippen molar-refractivity contribution < 1.29 is 31.4 Å². The summed E-state index contributed by atoms with van der Waals surface area (Å²) < 4.78 is 74.7. The molecule has 0 aliphatic rings. The molecule has 0 fully saturated rings. The van der Waals surface area contributed by atoms with Gasteiger partial charge in [-0.25, -0.2) is 18.7 Å². The van der Waals surface area contributed by atoms with E-state index in [0.29, 0.717) is 40.8 Å². The van der Waals surface area contributed by atoms with Crippen LogP contribution in [0.15, 0.2) is 60.9 Å². The molecule has 0 N–H and O–H groups in total. The third kappa shape index (κ3) is 6.10. The average Bonchev–Trinajstić information content (AvgIpc) is 2.83. The highest BCUT2D eigenvalue weighted by Gasteiger charge is 2.32. The van der Waals surface area contributed by atoms with Crippen LogP contribution in [0.1, 0.15) is 16.7 Å². The van der Waals surface area contributed by atoms with E-state index in [-0.39, 0.29) is 12.8 Å². The Bertz CT molecular complexity index is 1320. The number of ether oxygens (including phenoxy) is 2. The van der Waals surface area contributed by atoms with E-state index < -0.39 is 23.7 Å². The van der Waals surface area contributed by atoms with Gasteiger partial charge in [-0.1, -0.05) is 30.3 Å². The fraction of sp³-hybridized carbons (Fsp3) is 0.231. The van der Waals surface area contributed by atoms with Crippen LogP contribution in [-0.2, 0) is 24.0 Å². The van der Waals surface area contributed by atoms with E-state index >= 15 is 4.39 Å². The van der Waals surface area contributed by atoms with Crippen LogP contribution in [0.3, 0.4) is 0 Å². The van der Waals surface area contributed by atoms with Crippen molar-refractivity contribution in [2.45, 2.75) is 25.6 Å². The molecule has 1 aromatic heterocycles. The Labute approximate surface area is 198 Å². The second-order valence-electron chi connectivity index (χ2n) is 7.94. The lowest BCUT2D eigenvalue weighted by Crippen LogP contribution is -2.18. The summed E-state index contributed by atoms with van der Waals surface area (Å²) in [5.41, 5.74) is 2.55.